The summed E-state index contributed by atoms with van der Waals surface area (Å²) in [6, 6.07) is 13.9. The molecule has 0 unspecified atom stereocenters. The highest BCUT2D eigenvalue weighted by Crippen LogP contribution is 2.21. The second-order valence-electron chi connectivity index (χ2n) is 6.21. The number of aliphatic hydroxyl groups is 1. The first-order valence-electron chi connectivity index (χ1n) is 8.61. The number of nitrogens with one attached hydrogen (secondary N) is 2. The molecule has 0 radical (unpaired) electrons. The van der Waals surface area contributed by atoms with E-state index in [1.165, 1.54) is 11.1 Å². The van der Waals surface area contributed by atoms with E-state index in [-0.39, 0.29) is 12.6 Å². The maximum Gasteiger partial charge on any atom is 0.225 e. The van der Waals surface area contributed by atoms with E-state index >= 15 is 0 Å². The van der Waals surface area contributed by atoms with Gasteiger partial charge in [0.1, 0.15) is 5.82 Å². The SMILES string of the molecule is Cc1ccccc1CNc1cc(-c2cccnc2)nc(N[C@@H](C)CO)n1. The van der Waals surface area contributed by atoms with Crippen LogP contribution in [0.5, 0.6) is 0 Å². The fourth-order valence-corrected chi connectivity index (χ4v) is 2.52. The number of aliphatic hydroxyl groups excluding tert-OH is 1. The van der Waals surface area contributed by atoms with Gasteiger partial charge in [-0.3, -0.25) is 4.98 Å². The van der Waals surface area contributed by atoms with Crippen LogP contribution in [-0.2, 0) is 6.54 Å². The molecule has 1 aromatic carbocycles. The lowest BCUT2D eigenvalue weighted by Gasteiger charge is -2.14. The van der Waals surface area contributed by atoms with E-state index in [1.807, 2.05) is 37.3 Å². The average molecular weight is 349 g/mol. The van der Waals surface area contributed by atoms with Gasteiger partial charge in [-0.25, -0.2) is 4.98 Å². The molecule has 0 saturated heterocycles. The van der Waals surface area contributed by atoms with Crippen molar-refractivity contribution in [3.63, 3.8) is 0 Å². The monoisotopic (exact) mass is 349 g/mol. The van der Waals surface area contributed by atoms with Gasteiger partial charge in [-0.1, -0.05) is 24.3 Å². The summed E-state index contributed by atoms with van der Waals surface area (Å²) in [5.41, 5.74) is 4.13. The van der Waals surface area contributed by atoms with Crippen LogP contribution in [0, 0.1) is 6.92 Å². The molecule has 3 N–H and O–H groups in total. The summed E-state index contributed by atoms with van der Waals surface area (Å²) >= 11 is 0. The molecule has 0 aliphatic heterocycles. The van der Waals surface area contributed by atoms with Crippen LogP contribution in [0.25, 0.3) is 11.3 Å². The second kappa shape index (κ2) is 8.40. The Morgan fingerprint density at radius 3 is 2.69 bits per heavy atom. The molecule has 0 aliphatic carbocycles. The lowest BCUT2D eigenvalue weighted by atomic mass is 10.1. The lowest BCUT2D eigenvalue weighted by molar-refractivity contribution is 0.281. The van der Waals surface area contributed by atoms with E-state index in [2.05, 4.69) is 44.6 Å². The van der Waals surface area contributed by atoms with E-state index in [0.29, 0.717) is 12.5 Å². The van der Waals surface area contributed by atoms with Gasteiger partial charge >= 0.3 is 0 Å². The molecule has 0 aliphatic rings. The molecule has 3 rings (SSSR count). The number of benzene rings is 1. The normalized spacial score (nSPS) is 11.8. The van der Waals surface area contributed by atoms with Gasteiger partial charge in [0.25, 0.3) is 0 Å². The number of hydrogen-bond donors (Lipinski definition) is 3. The van der Waals surface area contributed by atoms with Crippen molar-refractivity contribution in [2.24, 2.45) is 0 Å². The maximum absolute atomic E-state index is 9.29. The predicted octanol–water partition coefficient (Wildman–Crippen LogP) is 3.25. The summed E-state index contributed by atoms with van der Waals surface area (Å²) < 4.78 is 0. The molecule has 6 heteroatoms. The van der Waals surface area contributed by atoms with Gasteiger partial charge in [-0.2, -0.15) is 4.98 Å². The molecule has 0 spiro atoms. The molecule has 0 bridgehead atoms. The van der Waals surface area contributed by atoms with Gasteiger partial charge in [0.2, 0.25) is 5.95 Å². The average Bonchev–Trinajstić information content (AvgIpc) is 2.68. The Morgan fingerprint density at radius 2 is 1.96 bits per heavy atom. The van der Waals surface area contributed by atoms with Gasteiger partial charge in [0.15, 0.2) is 0 Å². The fraction of sp³-hybridized carbons (Fsp3) is 0.250. The highest BCUT2D eigenvalue weighted by atomic mass is 16.3. The van der Waals surface area contributed by atoms with E-state index in [1.54, 1.807) is 12.4 Å². The summed E-state index contributed by atoms with van der Waals surface area (Å²) in [6.45, 7) is 4.64. The minimum absolute atomic E-state index is 0.00640. The predicted molar refractivity (Wildman–Crippen MR) is 104 cm³/mol. The maximum atomic E-state index is 9.29. The van der Waals surface area contributed by atoms with Crippen LogP contribution in [0.4, 0.5) is 11.8 Å². The van der Waals surface area contributed by atoms with Crippen molar-refractivity contribution in [2.45, 2.75) is 26.4 Å². The van der Waals surface area contributed by atoms with E-state index in [9.17, 15) is 5.11 Å². The van der Waals surface area contributed by atoms with Gasteiger partial charge in [0.05, 0.1) is 12.3 Å². The molecule has 0 amide bonds. The summed E-state index contributed by atoms with van der Waals surface area (Å²) in [6.07, 6.45) is 3.50. The quantitative estimate of drug-likeness (QED) is 0.607. The second-order valence-corrected chi connectivity index (χ2v) is 6.21. The number of aromatic nitrogens is 3. The van der Waals surface area contributed by atoms with E-state index < -0.39 is 0 Å². The molecule has 2 heterocycles. The van der Waals surface area contributed by atoms with E-state index in [0.717, 1.165) is 17.1 Å². The third-order valence-corrected chi connectivity index (χ3v) is 4.05. The third-order valence-electron chi connectivity index (χ3n) is 4.05. The zero-order chi connectivity index (χ0) is 18.4. The standard InChI is InChI=1S/C20H23N5O/c1-14-6-3-4-7-16(14)12-22-19-10-18(17-8-5-9-21-11-17)24-20(25-19)23-15(2)13-26/h3-11,15,26H,12-13H2,1-2H3,(H2,22,23,24,25)/t15-/m0/s1. The first kappa shape index (κ1) is 17.8. The van der Waals surface area contributed by atoms with Gasteiger partial charge in [-0.15, -0.1) is 0 Å². The van der Waals surface area contributed by atoms with Crippen LogP contribution in [0.3, 0.4) is 0 Å². The van der Waals surface area contributed by atoms with Crippen LogP contribution in [-0.4, -0.2) is 32.7 Å². The zero-order valence-corrected chi connectivity index (χ0v) is 15.0. The summed E-state index contributed by atoms with van der Waals surface area (Å²) in [4.78, 5) is 13.2. The highest BCUT2D eigenvalue weighted by Gasteiger charge is 2.09. The number of rotatable bonds is 7. The van der Waals surface area contributed by atoms with Crippen molar-refractivity contribution in [1.82, 2.24) is 15.0 Å². The Morgan fingerprint density at radius 1 is 1.12 bits per heavy atom. The van der Waals surface area contributed by atoms with Crippen LogP contribution in [0.1, 0.15) is 18.1 Å². The van der Waals surface area contributed by atoms with Crippen LogP contribution in [0.15, 0.2) is 54.9 Å². The zero-order valence-electron chi connectivity index (χ0n) is 15.0. The Hall–Kier alpha value is -2.99. The molecule has 6 nitrogen and oxygen atoms in total. The van der Waals surface area contributed by atoms with Gasteiger partial charge in [-0.05, 0) is 37.1 Å². The van der Waals surface area contributed by atoms with Gasteiger partial charge < -0.3 is 15.7 Å². The van der Waals surface area contributed by atoms with Crippen LogP contribution < -0.4 is 10.6 Å². The summed E-state index contributed by atoms with van der Waals surface area (Å²) in [5.74, 6) is 1.19. The molecule has 3 aromatic rings. The molecule has 134 valence electrons. The Kier molecular flexibility index (Phi) is 5.76. The largest absolute Gasteiger partial charge is 0.394 e. The summed E-state index contributed by atoms with van der Waals surface area (Å²) in [5, 5.41) is 15.8. The minimum atomic E-state index is -0.136. The van der Waals surface area contributed by atoms with E-state index in [4.69, 9.17) is 0 Å². The highest BCUT2D eigenvalue weighted by molar-refractivity contribution is 5.63. The number of aryl methyl sites for hydroxylation is 1. The first-order valence-corrected chi connectivity index (χ1v) is 8.61. The van der Waals surface area contributed by atoms with Crippen molar-refractivity contribution in [3.8, 4) is 11.3 Å². The molecular formula is C20H23N5O. The van der Waals surface area contributed by atoms with Crippen molar-refractivity contribution in [2.75, 3.05) is 17.2 Å². The number of anilines is 2. The number of hydrogen-bond acceptors (Lipinski definition) is 6. The number of nitrogens with zero attached hydrogens (tertiary/aromatic N) is 3. The van der Waals surface area contributed by atoms with Crippen LogP contribution >= 0.6 is 0 Å². The van der Waals surface area contributed by atoms with Crippen molar-refractivity contribution < 1.29 is 5.11 Å². The Balaban J connectivity index is 1.88. The van der Waals surface area contributed by atoms with Crippen molar-refractivity contribution in [3.05, 3.63) is 66.0 Å². The molecule has 2 aromatic heterocycles. The van der Waals surface area contributed by atoms with Crippen LogP contribution in [0.2, 0.25) is 0 Å². The Bertz CT molecular complexity index is 854. The van der Waals surface area contributed by atoms with Crippen molar-refractivity contribution >= 4 is 11.8 Å². The smallest absolute Gasteiger partial charge is 0.225 e. The third kappa shape index (κ3) is 4.55. The van der Waals surface area contributed by atoms with Gasteiger partial charge in [0, 0.05) is 36.6 Å². The first-order chi connectivity index (χ1) is 12.7. The molecule has 26 heavy (non-hydrogen) atoms. The topological polar surface area (TPSA) is 83.0 Å². The lowest BCUT2D eigenvalue weighted by Crippen LogP contribution is -2.21. The fourth-order valence-electron chi connectivity index (χ4n) is 2.52. The Labute approximate surface area is 153 Å². The molecule has 1 atom stereocenters. The minimum Gasteiger partial charge on any atom is -0.394 e. The molecular weight excluding hydrogens is 326 g/mol. The molecule has 0 fully saturated rings. The number of pyridine rings is 1. The molecule has 0 saturated carbocycles. The summed E-state index contributed by atoms with van der Waals surface area (Å²) in [7, 11) is 0. The van der Waals surface area contributed by atoms with Crippen molar-refractivity contribution in [1.29, 1.82) is 0 Å².